The summed E-state index contributed by atoms with van der Waals surface area (Å²) in [5, 5.41) is 5.89. The van der Waals surface area contributed by atoms with Gasteiger partial charge in [-0.3, -0.25) is 9.59 Å². The summed E-state index contributed by atoms with van der Waals surface area (Å²) in [6.45, 7) is 3.34. The molecule has 2 N–H and O–H groups in total. The first-order valence-electron chi connectivity index (χ1n) is 9.20. The zero-order valence-electron chi connectivity index (χ0n) is 15.5. The number of thiophene rings is 1. The Labute approximate surface area is 170 Å². The lowest BCUT2D eigenvalue weighted by molar-refractivity contribution is -0.119. The van der Waals surface area contributed by atoms with Crippen LogP contribution in [0, 0.1) is 6.92 Å². The standard InChI is InChI=1S/C20H21N3O3S2/c1-12-4-6-13(7-5-12)15-10-27-19-17(15)18(25)22-20(23-19)28-11-16(24)21-9-14-3-2-8-26-14/h4-7,10,14H,2-3,8-9,11H2,1H3,(H,21,24)(H,22,23,25). The van der Waals surface area contributed by atoms with E-state index in [9.17, 15) is 9.59 Å². The molecular formula is C20H21N3O3S2. The molecular weight excluding hydrogens is 394 g/mol. The van der Waals surface area contributed by atoms with Gasteiger partial charge in [-0.15, -0.1) is 11.3 Å². The molecule has 4 rings (SSSR count). The Kier molecular flexibility index (Phi) is 5.79. The molecule has 1 fully saturated rings. The highest BCUT2D eigenvalue weighted by Crippen LogP contribution is 2.31. The van der Waals surface area contributed by atoms with Crippen molar-refractivity contribution in [1.82, 2.24) is 15.3 Å². The van der Waals surface area contributed by atoms with Gasteiger partial charge in [0, 0.05) is 24.1 Å². The van der Waals surface area contributed by atoms with E-state index in [-0.39, 0.29) is 23.3 Å². The summed E-state index contributed by atoms with van der Waals surface area (Å²) in [7, 11) is 0. The minimum atomic E-state index is -0.177. The average molecular weight is 416 g/mol. The highest BCUT2D eigenvalue weighted by atomic mass is 32.2. The molecule has 3 heterocycles. The van der Waals surface area contributed by atoms with E-state index >= 15 is 0 Å². The molecule has 0 aliphatic carbocycles. The topological polar surface area (TPSA) is 84.1 Å². The summed E-state index contributed by atoms with van der Waals surface area (Å²) in [5.74, 6) is 0.118. The number of thioether (sulfide) groups is 1. The number of nitrogens with zero attached hydrogens (tertiary/aromatic N) is 1. The van der Waals surface area contributed by atoms with E-state index in [4.69, 9.17) is 4.74 Å². The molecule has 1 unspecified atom stereocenters. The monoisotopic (exact) mass is 415 g/mol. The number of hydrogen-bond acceptors (Lipinski definition) is 6. The fraction of sp³-hybridized carbons (Fsp3) is 0.350. The number of nitrogens with one attached hydrogen (secondary N) is 2. The molecule has 1 saturated heterocycles. The van der Waals surface area contributed by atoms with Crippen molar-refractivity contribution in [2.45, 2.75) is 31.0 Å². The van der Waals surface area contributed by atoms with Crippen LogP contribution in [0.25, 0.3) is 21.3 Å². The Morgan fingerprint density at radius 2 is 2.21 bits per heavy atom. The molecule has 2 aromatic heterocycles. The molecule has 8 heteroatoms. The molecule has 1 atom stereocenters. The van der Waals surface area contributed by atoms with Gasteiger partial charge in [0.1, 0.15) is 4.83 Å². The van der Waals surface area contributed by atoms with Gasteiger partial charge in [0.05, 0.1) is 17.2 Å². The van der Waals surface area contributed by atoms with Crippen LogP contribution in [0.4, 0.5) is 0 Å². The number of benzene rings is 1. The van der Waals surface area contributed by atoms with Crippen molar-refractivity contribution < 1.29 is 9.53 Å². The van der Waals surface area contributed by atoms with Gasteiger partial charge in [-0.2, -0.15) is 0 Å². The van der Waals surface area contributed by atoms with E-state index in [2.05, 4.69) is 15.3 Å². The van der Waals surface area contributed by atoms with E-state index in [1.807, 2.05) is 36.6 Å². The molecule has 28 heavy (non-hydrogen) atoms. The molecule has 6 nitrogen and oxygen atoms in total. The van der Waals surface area contributed by atoms with Gasteiger partial charge in [-0.1, -0.05) is 41.6 Å². The number of aryl methyl sites for hydroxylation is 1. The number of hydrogen-bond donors (Lipinski definition) is 2. The van der Waals surface area contributed by atoms with Crippen LogP contribution in [0.5, 0.6) is 0 Å². The SMILES string of the molecule is Cc1ccc(-c2csc3nc(SCC(=O)NCC4CCCO4)[nH]c(=O)c23)cc1. The lowest BCUT2D eigenvalue weighted by atomic mass is 10.1. The largest absolute Gasteiger partial charge is 0.376 e. The fourth-order valence-corrected chi connectivity index (χ4v) is 4.86. The molecule has 3 aromatic rings. The molecule has 1 aliphatic heterocycles. The Bertz CT molecular complexity index is 1040. The number of rotatable bonds is 6. The maximum Gasteiger partial charge on any atom is 0.260 e. The molecule has 0 radical (unpaired) electrons. The third kappa shape index (κ3) is 4.29. The summed E-state index contributed by atoms with van der Waals surface area (Å²) >= 11 is 2.68. The summed E-state index contributed by atoms with van der Waals surface area (Å²) in [4.78, 5) is 32.7. The summed E-state index contributed by atoms with van der Waals surface area (Å²) < 4.78 is 5.50. The van der Waals surface area contributed by atoms with Crippen LogP contribution in [0.1, 0.15) is 18.4 Å². The predicted molar refractivity (Wildman–Crippen MR) is 113 cm³/mol. The quantitative estimate of drug-likeness (QED) is 0.476. The van der Waals surface area contributed by atoms with Crippen LogP contribution >= 0.6 is 23.1 Å². The second kappa shape index (κ2) is 8.46. The number of aromatic nitrogens is 2. The van der Waals surface area contributed by atoms with E-state index in [1.165, 1.54) is 28.7 Å². The summed E-state index contributed by atoms with van der Waals surface area (Å²) in [6, 6.07) is 8.08. The van der Waals surface area contributed by atoms with Crippen LogP contribution in [0.3, 0.4) is 0 Å². The zero-order valence-corrected chi connectivity index (χ0v) is 17.1. The Morgan fingerprint density at radius 1 is 1.39 bits per heavy atom. The second-order valence-corrected chi connectivity index (χ2v) is 8.62. The van der Waals surface area contributed by atoms with E-state index in [0.717, 1.165) is 30.6 Å². The zero-order chi connectivity index (χ0) is 19.5. The van der Waals surface area contributed by atoms with Crippen molar-refractivity contribution in [2.24, 2.45) is 0 Å². The lowest BCUT2D eigenvalue weighted by Gasteiger charge is -2.10. The average Bonchev–Trinajstić information content (AvgIpc) is 3.35. The van der Waals surface area contributed by atoms with Crippen molar-refractivity contribution in [3.63, 3.8) is 0 Å². The van der Waals surface area contributed by atoms with Gasteiger partial charge in [0.15, 0.2) is 5.16 Å². The Balaban J connectivity index is 1.45. The third-order valence-electron chi connectivity index (χ3n) is 4.68. The number of carbonyl (C=O) groups excluding carboxylic acids is 1. The minimum Gasteiger partial charge on any atom is -0.376 e. The van der Waals surface area contributed by atoms with Crippen LogP contribution in [-0.2, 0) is 9.53 Å². The number of amides is 1. The third-order valence-corrected chi connectivity index (χ3v) is 6.42. The second-order valence-electron chi connectivity index (χ2n) is 6.79. The highest BCUT2D eigenvalue weighted by molar-refractivity contribution is 7.99. The summed E-state index contributed by atoms with van der Waals surface area (Å²) in [5.41, 5.74) is 2.88. The Hall–Kier alpha value is -2.16. The van der Waals surface area contributed by atoms with E-state index in [0.29, 0.717) is 21.9 Å². The van der Waals surface area contributed by atoms with Gasteiger partial charge >= 0.3 is 0 Å². The lowest BCUT2D eigenvalue weighted by Crippen LogP contribution is -2.33. The van der Waals surface area contributed by atoms with Crippen molar-refractivity contribution in [3.05, 3.63) is 45.6 Å². The van der Waals surface area contributed by atoms with Crippen LogP contribution < -0.4 is 10.9 Å². The van der Waals surface area contributed by atoms with Gasteiger partial charge < -0.3 is 15.0 Å². The maximum absolute atomic E-state index is 12.6. The van der Waals surface area contributed by atoms with Crippen molar-refractivity contribution in [2.75, 3.05) is 18.9 Å². The molecule has 146 valence electrons. The van der Waals surface area contributed by atoms with E-state index in [1.54, 1.807) is 0 Å². The number of fused-ring (bicyclic) bond motifs is 1. The number of carbonyl (C=O) groups is 1. The first-order valence-corrected chi connectivity index (χ1v) is 11.1. The first kappa shape index (κ1) is 19.2. The minimum absolute atomic E-state index is 0.0882. The maximum atomic E-state index is 12.6. The molecule has 0 saturated carbocycles. The fourth-order valence-electron chi connectivity index (χ4n) is 3.16. The highest BCUT2D eigenvalue weighted by Gasteiger charge is 2.17. The van der Waals surface area contributed by atoms with Crippen LogP contribution in [-0.4, -0.2) is 40.9 Å². The molecule has 0 spiro atoms. The van der Waals surface area contributed by atoms with Gasteiger partial charge in [0.25, 0.3) is 5.56 Å². The molecule has 1 aromatic carbocycles. The van der Waals surface area contributed by atoms with Crippen molar-refractivity contribution in [1.29, 1.82) is 0 Å². The van der Waals surface area contributed by atoms with Gasteiger partial charge in [-0.25, -0.2) is 4.98 Å². The molecule has 1 aliphatic rings. The van der Waals surface area contributed by atoms with Crippen molar-refractivity contribution in [3.8, 4) is 11.1 Å². The number of aromatic amines is 1. The Morgan fingerprint density at radius 3 is 2.96 bits per heavy atom. The predicted octanol–water partition coefficient (Wildman–Crippen LogP) is 3.35. The van der Waals surface area contributed by atoms with Gasteiger partial charge in [-0.05, 0) is 25.3 Å². The van der Waals surface area contributed by atoms with Crippen molar-refractivity contribution >= 4 is 39.2 Å². The molecule has 1 amide bonds. The summed E-state index contributed by atoms with van der Waals surface area (Å²) in [6.07, 6.45) is 2.15. The number of ether oxygens (including phenoxy) is 1. The van der Waals surface area contributed by atoms with Crippen LogP contribution in [0.15, 0.2) is 39.6 Å². The number of H-pyrrole nitrogens is 1. The van der Waals surface area contributed by atoms with Gasteiger partial charge in [0.2, 0.25) is 5.91 Å². The molecule has 0 bridgehead atoms. The van der Waals surface area contributed by atoms with E-state index < -0.39 is 0 Å². The normalized spacial score (nSPS) is 16.5. The van der Waals surface area contributed by atoms with Crippen LogP contribution in [0.2, 0.25) is 0 Å². The smallest absolute Gasteiger partial charge is 0.260 e. The first-order chi connectivity index (χ1) is 13.6.